The van der Waals surface area contributed by atoms with Crippen molar-refractivity contribution in [1.29, 1.82) is 0 Å². The summed E-state index contributed by atoms with van der Waals surface area (Å²) in [5.74, 6) is 0.933. The first kappa shape index (κ1) is 16.0. The summed E-state index contributed by atoms with van der Waals surface area (Å²) in [7, 11) is 3.46. The molecule has 0 N–H and O–H groups in total. The van der Waals surface area contributed by atoms with E-state index in [1.54, 1.807) is 14.2 Å². The maximum Gasteiger partial charge on any atom is 0.119 e. The van der Waals surface area contributed by atoms with Crippen LogP contribution in [0.1, 0.15) is 6.42 Å². The van der Waals surface area contributed by atoms with Gasteiger partial charge in [-0.2, -0.15) is 0 Å². The average molecular weight is 267 g/mol. The molecule has 0 spiro atoms. The summed E-state index contributed by atoms with van der Waals surface area (Å²) in [5, 5.41) is 0. The van der Waals surface area contributed by atoms with Crippen LogP contribution < -0.4 is 4.74 Å². The molecule has 0 radical (unpaired) electrons. The Morgan fingerprint density at radius 2 is 1.47 bits per heavy atom. The molecule has 0 unspecified atom stereocenters. The van der Waals surface area contributed by atoms with E-state index in [2.05, 4.69) is 4.90 Å². The van der Waals surface area contributed by atoms with Gasteiger partial charge in [-0.3, -0.25) is 4.90 Å². The van der Waals surface area contributed by atoms with Gasteiger partial charge < -0.3 is 14.2 Å². The molecule has 0 amide bonds. The first-order valence-electron chi connectivity index (χ1n) is 6.75. The third kappa shape index (κ3) is 7.82. The van der Waals surface area contributed by atoms with Gasteiger partial charge in [0.25, 0.3) is 0 Å². The van der Waals surface area contributed by atoms with Gasteiger partial charge in [-0.25, -0.2) is 0 Å². The smallest absolute Gasteiger partial charge is 0.119 e. The molecular formula is C15H25NO3. The van der Waals surface area contributed by atoms with Gasteiger partial charge in [0.05, 0.1) is 19.8 Å². The molecule has 0 saturated carbocycles. The third-order valence-corrected chi connectivity index (χ3v) is 2.85. The van der Waals surface area contributed by atoms with E-state index in [-0.39, 0.29) is 0 Å². The van der Waals surface area contributed by atoms with Crippen LogP contribution in [0.5, 0.6) is 5.75 Å². The molecule has 1 aromatic carbocycles. The molecule has 0 heterocycles. The number of para-hydroxylation sites is 1. The van der Waals surface area contributed by atoms with Crippen LogP contribution in [0.25, 0.3) is 0 Å². The van der Waals surface area contributed by atoms with Crippen molar-refractivity contribution in [2.45, 2.75) is 6.42 Å². The number of ether oxygens (including phenoxy) is 3. The molecule has 19 heavy (non-hydrogen) atoms. The lowest BCUT2D eigenvalue weighted by molar-refractivity contribution is 0.110. The largest absolute Gasteiger partial charge is 0.494 e. The van der Waals surface area contributed by atoms with Crippen molar-refractivity contribution in [1.82, 2.24) is 4.90 Å². The highest BCUT2D eigenvalue weighted by Crippen LogP contribution is 2.08. The van der Waals surface area contributed by atoms with Crippen molar-refractivity contribution in [3.05, 3.63) is 30.3 Å². The van der Waals surface area contributed by atoms with Gasteiger partial charge in [0.2, 0.25) is 0 Å². The molecule has 0 bridgehead atoms. The van der Waals surface area contributed by atoms with Crippen LogP contribution in [-0.4, -0.2) is 58.6 Å². The normalized spacial score (nSPS) is 10.9. The van der Waals surface area contributed by atoms with Crippen molar-refractivity contribution in [3.63, 3.8) is 0 Å². The van der Waals surface area contributed by atoms with E-state index in [9.17, 15) is 0 Å². The van der Waals surface area contributed by atoms with E-state index in [1.807, 2.05) is 30.3 Å². The van der Waals surface area contributed by atoms with Crippen molar-refractivity contribution in [3.8, 4) is 5.75 Å². The van der Waals surface area contributed by atoms with E-state index in [0.29, 0.717) is 0 Å². The summed E-state index contributed by atoms with van der Waals surface area (Å²) in [4.78, 5) is 2.33. The van der Waals surface area contributed by atoms with Gasteiger partial charge in [-0.05, 0) is 18.6 Å². The molecule has 1 aromatic rings. The molecule has 4 nitrogen and oxygen atoms in total. The maximum atomic E-state index is 5.68. The number of rotatable bonds is 11. The summed E-state index contributed by atoms with van der Waals surface area (Å²) >= 11 is 0. The summed E-state index contributed by atoms with van der Waals surface area (Å²) in [6, 6.07) is 9.92. The Morgan fingerprint density at radius 1 is 0.842 bits per heavy atom. The molecule has 0 aliphatic rings. The summed E-state index contributed by atoms with van der Waals surface area (Å²) in [5.41, 5.74) is 0. The summed E-state index contributed by atoms with van der Waals surface area (Å²) < 4.78 is 15.9. The second kappa shape index (κ2) is 10.8. The first-order valence-corrected chi connectivity index (χ1v) is 6.75. The minimum atomic E-state index is 0.737. The van der Waals surface area contributed by atoms with Crippen molar-refractivity contribution >= 4 is 0 Å². The molecule has 0 aliphatic heterocycles. The lowest BCUT2D eigenvalue weighted by Crippen LogP contribution is -2.32. The first-order chi connectivity index (χ1) is 9.36. The van der Waals surface area contributed by atoms with Crippen molar-refractivity contribution in [2.24, 2.45) is 0 Å². The Balaban J connectivity index is 2.16. The molecule has 0 fully saturated rings. The quantitative estimate of drug-likeness (QED) is 0.574. The Morgan fingerprint density at radius 3 is 2.05 bits per heavy atom. The van der Waals surface area contributed by atoms with E-state index in [1.165, 1.54) is 0 Å². The number of nitrogens with zero attached hydrogens (tertiary/aromatic N) is 1. The van der Waals surface area contributed by atoms with Gasteiger partial charge in [0.15, 0.2) is 0 Å². The summed E-state index contributed by atoms with van der Waals surface area (Å²) in [6.45, 7) is 5.11. The molecule has 1 rings (SSSR count). The standard InChI is InChI=1S/C15H25NO3/c1-17-13-10-16(11-14-18-2)9-6-12-19-15-7-4-3-5-8-15/h3-5,7-8H,6,9-14H2,1-2H3. The number of methoxy groups -OCH3 is 2. The molecule has 0 atom stereocenters. The van der Waals surface area contributed by atoms with Crippen LogP contribution >= 0.6 is 0 Å². The fourth-order valence-electron chi connectivity index (χ4n) is 1.77. The Labute approximate surface area is 116 Å². The maximum absolute atomic E-state index is 5.68. The highest BCUT2D eigenvalue weighted by atomic mass is 16.5. The van der Waals surface area contributed by atoms with Crippen LogP contribution in [-0.2, 0) is 9.47 Å². The van der Waals surface area contributed by atoms with Crippen LogP contribution in [0, 0.1) is 0 Å². The zero-order valence-corrected chi connectivity index (χ0v) is 12.0. The van der Waals surface area contributed by atoms with Gasteiger partial charge in [0, 0.05) is 33.9 Å². The Hall–Kier alpha value is -1.10. The number of hydrogen-bond acceptors (Lipinski definition) is 4. The Kier molecular flexibility index (Phi) is 9.06. The number of hydrogen-bond donors (Lipinski definition) is 0. The van der Waals surface area contributed by atoms with Crippen molar-refractivity contribution < 1.29 is 14.2 Å². The van der Waals surface area contributed by atoms with Gasteiger partial charge >= 0.3 is 0 Å². The molecule has 0 aliphatic carbocycles. The molecular weight excluding hydrogens is 242 g/mol. The fraction of sp³-hybridized carbons (Fsp3) is 0.600. The van der Waals surface area contributed by atoms with Gasteiger partial charge in [-0.15, -0.1) is 0 Å². The minimum Gasteiger partial charge on any atom is -0.494 e. The Bertz CT molecular complexity index is 298. The zero-order chi connectivity index (χ0) is 13.8. The third-order valence-electron chi connectivity index (χ3n) is 2.85. The van der Waals surface area contributed by atoms with E-state index in [0.717, 1.165) is 51.6 Å². The van der Waals surface area contributed by atoms with E-state index in [4.69, 9.17) is 14.2 Å². The topological polar surface area (TPSA) is 30.9 Å². The van der Waals surface area contributed by atoms with Gasteiger partial charge in [-0.1, -0.05) is 18.2 Å². The fourth-order valence-corrected chi connectivity index (χ4v) is 1.77. The van der Waals surface area contributed by atoms with Crippen molar-refractivity contribution in [2.75, 3.05) is 53.7 Å². The lowest BCUT2D eigenvalue weighted by atomic mass is 10.3. The second-order valence-corrected chi connectivity index (χ2v) is 4.34. The van der Waals surface area contributed by atoms with Gasteiger partial charge in [0.1, 0.15) is 5.75 Å². The average Bonchev–Trinajstić information content (AvgIpc) is 2.46. The zero-order valence-electron chi connectivity index (χ0n) is 12.0. The molecule has 0 aromatic heterocycles. The second-order valence-electron chi connectivity index (χ2n) is 4.34. The predicted molar refractivity (Wildman–Crippen MR) is 76.7 cm³/mol. The minimum absolute atomic E-state index is 0.737. The highest BCUT2D eigenvalue weighted by molar-refractivity contribution is 5.20. The van der Waals surface area contributed by atoms with Crippen LogP contribution in [0.15, 0.2) is 30.3 Å². The molecule has 4 heteroatoms. The molecule has 0 saturated heterocycles. The predicted octanol–water partition coefficient (Wildman–Crippen LogP) is 2.05. The van der Waals surface area contributed by atoms with Crippen LogP contribution in [0.2, 0.25) is 0 Å². The number of benzene rings is 1. The SMILES string of the molecule is COCCN(CCCOc1ccccc1)CCOC. The lowest BCUT2D eigenvalue weighted by Gasteiger charge is -2.21. The van der Waals surface area contributed by atoms with E-state index >= 15 is 0 Å². The molecule has 108 valence electrons. The highest BCUT2D eigenvalue weighted by Gasteiger charge is 2.04. The van der Waals surface area contributed by atoms with Crippen LogP contribution in [0.4, 0.5) is 0 Å². The summed E-state index contributed by atoms with van der Waals surface area (Å²) in [6.07, 6.45) is 1.00. The van der Waals surface area contributed by atoms with E-state index < -0.39 is 0 Å². The van der Waals surface area contributed by atoms with Crippen LogP contribution in [0.3, 0.4) is 0 Å². The monoisotopic (exact) mass is 267 g/mol.